The Morgan fingerprint density at radius 1 is 1.26 bits per heavy atom. The Balaban J connectivity index is 1.49. The number of likely N-dealkylation sites (N-methyl/N-ethyl adjacent to an activating group) is 1. The maximum absolute atomic E-state index is 13.4. The summed E-state index contributed by atoms with van der Waals surface area (Å²) in [4.78, 5) is 13.9. The number of rotatable bonds is 6. The number of hydrogen-bond acceptors (Lipinski definition) is 5. The van der Waals surface area contributed by atoms with Crippen molar-refractivity contribution in [1.29, 1.82) is 0 Å². The Hall–Kier alpha value is -2.52. The number of anilines is 1. The van der Waals surface area contributed by atoms with Crippen molar-refractivity contribution in [3.8, 4) is 0 Å². The number of nitrogens with zero attached hydrogens (tertiary/aromatic N) is 1. The van der Waals surface area contributed by atoms with Crippen LogP contribution in [0.3, 0.4) is 0 Å². The molecule has 2 aliphatic heterocycles. The van der Waals surface area contributed by atoms with Gasteiger partial charge < -0.3 is 25.0 Å². The predicted molar refractivity (Wildman–Crippen MR) is 123 cm³/mol. The van der Waals surface area contributed by atoms with Crippen molar-refractivity contribution in [1.82, 2.24) is 10.2 Å². The van der Waals surface area contributed by atoms with Crippen molar-refractivity contribution in [2.24, 2.45) is 11.8 Å². The Kier molecular flexibility index (Phi) is 7.52. The molecule has 0 radical (unpaired) electrons. The van der Waals surface area contributed by atoms with Crippen LogP contribution in [0.15, 0.2) is 42.5 Å². The van der Waals surface area contributed by atoms with Gasteiger partial charge in [0.05, 0.1) is 17.8 Å². The van der Waals surface area contributed by atoms with Crippen molar-refractivity contribution < 1.29 is 27.4 Å². The lowest BCUT2D eigenvalue weighted by Crippen LogP contribution is -2.48. The number of halogens is 3. The molecule has 6 nitrogen and oxygen atoms in total. The monoisotopic (exact) mass is 479 g/mol. The maximum Gasteiger partial charge on any atom is 0.416 e. The van der Waals surface area contributed by atoms with Gasteiger partial charge in [0.2, 0.25) is 0 Å². The Morgan fingerprint density at radius 2 is 2.09 bits per heavy atom. The molecule has 2 N–H and O–H groups in total. The molecule has 9 heteroatoms. The molecule has 1 saturated heterocycles. The van der Waals surface area contributed by atoms with E-state index in [1.165, 1.54) is 12.1 Å². The zero-order valence-electron chi connectivity index (χ0n) is 19.5. The summed E-state index contributed by atoms with van der Waals surface area (Å²) in [6.07, 6.45) is 4.94. The standard InChI is InChI=1S/C25H32F3N3O3/c1-31(2)12-13-33-24(32)29-15-18-9-10-19-22(16-6-4-3-5-7-16)30-21-11-8-17(25(26,27)28)14-20(21)23(19)34-18/h3-6,8,11,14,16,18-19,22-23,30H,7,9-10,12-13,15H2,1-2H3,(H,29,32)/t16?,18-,19+,22+,23+/m1/s1. The summed E-state index contributed by atoms with van der Waals surface area (Å²) in [7, 11) is 3.78. The Labute approximate surface area is 198 Å². The number of allylic oxidation sites excluding steroid dienone is 3. The van der Waals surface area contributed by atoms with Crippen LogP contribution in [0.25, 0.3) is 0 Å². The average Bonchev–Trinajstić information content (AvgIpc) is 2.81. The van der Waals surface area contributed by atoms with Crippen LogP contribution in [0.4, 0.5) is 23.7 Å². The van der Waals surface area contributed by atoms with E-state index in [0.29, 0.717) is 24.2 Å². The van der Waals surface area contributed by atoms with Gasteiger partial charge in [0.1, 0.15) is 6.61 Å². The lowest BCUT2D eigenvalue weighted by Gasteiger charge is -2.47. The van der Waals surface area contributed by atoms with Gasteiger partial charge in [-0.15, -0.1) is 0 Å². The molecule has 0 aromatic heterocycles. The van der Waals surface area contributed by atoms with Crippen molar-refractivity contribution >= 4 is 11.8 Å². The van der Waals surface area contributed by atoms with Crippen molar-refractivity contribution in [3.63, 3.8) is 0 Å². The van der Waals surface area contributed by atoms with E-state index in [9.17, 15) is 18.0 Å². The third kappa shape index (κ3) is 5.75. The van der Waals surface area contributed by atoms with E-state index in [-0.39, 0.29) is 37.1 Å². The van der Waals surface area contributed by atoms with Gasteiger partial charge >= 0.3 is 12.3 Å². The first-order chi connectivity index (χ1) is 16.2. The molecule has 1 aliphatic carbocycles. The number of fused-ring (bicyclic) bond motifs is 3. The lowest BCUT2D eigenvalue weighted by molar-refractivity contribution is -0.138. The fraction of sp³-hybridized carbons (Fsp3) is 0.560. The fourth-order valence-electron chi connectivity index (χ4n) is 4.98. The van der Waals surface area contributed by atoms with Crippen LogP contribution in [0.1, 0.15) is 36.5 Å². The molecule has 186 valence electrons. The third-order valence-corrected chi connectivity index (χ3v) is 6.74. The number of carbonyl (C=O) groups excluding carboxylic acids is 1. The Bertz CT molecular complexity index is 932. The summed E-state index contributed by atoms with van der Waals surface area (Å²) in [5.74, 6) is 0.262. The van der Waals surface area contributed by atoms with Crippen molar-refractivity contribution in [3.05, 3.63) is 53.6 Å². The topological polar surface area (TPSA) is 62.8 Å². The molecule has 34 heavy (non-hydrogen) atoms. The molecule has 5 atom stereocenters. The number of amides is 1. The van der Waals surface area contributed by atoms with Crippen LogP contribution >= 0.6 is 0 Å². The van der Waals surface area contributed by atoms with Gasteiger partial charge in [0.25, 0.3) is 0 Å². The van der Waals surface area contributed by atoms with Crippen molar-refractivity contribution in [2.45, 2.75) is 43.7 Å². The first kappa shape index (κ1) is 24.6. The number of carbonyl (C=O) groups is 1. The molecule has 1 aromatic rings. The zero-order valence-corrected chi connectivity index (χ0v) is 19.5. The molecule has 1 amide bonds. The number of alkyl halides is 3. The number of nitrogens with one attached hydrogen (secondary N) is 2. The summed E-state index contributed by atoms with van der Waals surface area (Å²) >= 11 is 0. The van der Waals surface area contributed by atoms with Gasteiger partial charge in [0, 0.05) is 42.2 Å². The van der Waals surface area contributed by atoms with Gasteiger partial charge in [-0.05, 0) is 51.6 Å². The highest BCUT2D eigenvalue weighted by Gasteiger charge is 2.45. The summed E-state index contributed by atoms with van der Waals surface area (Å²) in [5.41, 5.74) is 0.530. The van der Waals surface area contributed by atoms with Crippen molar-refractivity contribution in [2.75, 3.05) is 39.1 Å². The van der Waals surface area contributed by atoms with E-state index >= 15 is 0 Å². The largest absolute Gasteiger partial charge is 0.448 e. The zero-order chi connectivity index (χ0) is 24.3. The molecule has 2 heterocycles. The molecule has 4 rings (SSSR count). The van der Waals surface area contributed by atoms with Crippen LogP contribution < -0.4 is 10.6 Å². The molecule has 1 fully saturated rings. The van der Waals surface area contributed by atoms with E-state index in [4.69, 9.17) is 9.47 Å². The second kappa shape index (κ2) is 10.4. The molecular formula is C25H32F3N3O3. The minimum atomic E-state index is -4.43. The van der Waals surface area contributed by atoms with Crippen LogP contribution in [0.2, 0.25) is 0 Å². The highest BCUT2D eigenvalue weighted by molar-refractivity contribution is 5.67. The van der Waals surface area contributed by atoms with E-state index in [2.05, 4.69) is 22.8 Å². The smallest absolute Gasteiger partial charge is 0.416 e. The molecule has 0 saturated carbocycles. The van der Waals surface area contributed by atoms with E-state index < -0.39 is 23.9 Å². The first-order valence-corrected chi connectivity index (χ1v) is 11.7. The lowest BCUT2D eigenvalue weighted by atomic mass is 9.73. The summed E-state index contributed by atoms with van der Waals surface area (Å²) in [5, 5.41) is 6.25. The van der Waals surface area contributed by atoms with Crippen LogP contribution in [0.5, 0.6) is 0 Å². The highest BCUT2D eigenvalue weighted by atomic mass is 19.4. The quantitative estimate of drug-likeness (QED) is 0.616. The van der Waals surface area contributed by atoms with Gasteiger partial charge in [-0.2, -0.15) is 13.2 Å². The van der Waals surface area contributed by atoms with E-state index in [0.717, 1.165) is 18.9 Å². The van der Waals surface area contributed by atoms with Gasteiger partial charge in [-0.1, -0.05) is 24.3 Å². The molecule has 1 unspecified atom stereocenters. The molecule has 0 spiro atoms. The maximum atomic E-state index is 13.4. The number of alkyl carbamates (subject to hydrolysis) is 1. The minimum absolute atomic E-state index is 0.0282. The third-order valence-electron chi connectivity index (χ3n) is 6.74. The molecular weight excluding hydrogens is 447 g/mol. The highest BCUT2D eigenvalue weighted by Crippen LogP contribution is 2.49. The fourth-order valence-corrected chi connectivity index (χ4v) is 4.98. The van der Waals surface area contributed by atoms with Gasteiger partial charge in [0.15, 0.2) is 0 Å². The molecule has 0 bridgehead atoms. The minimum Gasteiger partial charge on any atom is -0.448 e. The Morgan fingerprint density at radius 3 is 2.79 bits per heavy atom. The summed E-state index contributed by atoms with van der Waals surface area (Å²) < 4.78 is 51.9. The van der Waals surface area contributed by atoms with Crippen LogP contribution in [0, 0.1) is 11.8 Å². The van der Waals surface area contributed by atoms with Crippen LogP contribution in [-0.4, -0.2) is 56.9 Å². The average molecular weight is 480 g/mol. The first-order valence-electron chi connectivity index (χ1n) is 11.7. The second-order valence-corrected chi connectivity index (χ2v) is 9.42. The predicted octanol–water partition coefficient (Wildman–Crippen LogP) is 4.76. The SMILES string of the molecule is CN(C)CCOC(=O)NC[C@H]1CC[C@@H]2[C@H](O1)c1cc(C(F)(F)F)ccc1N[C@H]2C1C=CC=CC1. The van der Waals surface area contributed by atoms with Gasteiger partial charge in [-0.3, -0.25) is 0 Å². The molecule has 1 aromatic carbocycles. The second-order valence-electron chi connectivity index (χ2n) is 9.42. The summed E-state index contributed by atoms with van der Waals surface area (Å²) in [6.45, 7) is 1.15. The normalized spacial score (nSPS) is 28.1. The molecule has 3 aliphatic rings. The van der Waals surface area contributed by atoms with E-state index in [1.807, 2.05) is 31.1 Å². The van der Waals surface area contributed by atoms with Crippen LogP contribution in [-0.2, 0) is 15.7 Å². The van der Waals surface area contributed by atoms with E-state index in [1.54, 1.807) is 0 Å². The van der Waals surface area contributed by atoms with Gasteiger partial charge in [-0.25, -0.2) is 4.79 Å². The number of benzene rings is 1. The summed E-state index contributed by atoms with van der Waals surface area (Å²) in [6, 6.07) is 3.89. The number of hydrogen-bond donors (Lipinski definition) is 2. The number of ether oxygens (including phenoxy) is 2.